The van der Waals surface area contributed by atoms with Crippen LogP contribution in [0.5, 0.6) is 23.0 Å². The van der Waals surface area contributed by atoms with Gasteiger partial charge >= 0.3 is 0 Å². The van der Waals surface area contributed by atoms with E-state index in [9.17, 15) is 4.79 Å². The number of hydrogen-bond donors (Lipinski definition) is 1. The third kappa shape index (κ3) is 6.32. The van der Waals surface area contributed by atoms with Crippen molar-refractivity contribution in [1.29, 1.82) is 5.41 Å². The van der Waals surface area contributed by atoms with Crippen molar-refractivity contribution in [3.8, 4) is 23.0 Å². The summed E-state index contributed by atoms with van der Waals surface area (Å²) >= 11 is 1.35. The van der Waals surface area contributed by atoms with Crippen molar-refractivity contribution in [3.05, 3.63) is 53.6 Å². The Morgan fingerprint density at radius 1 is 1.00 bits per heavy atom. The molecule has 1 N–H and O–H groups in total. The number of nitrogens with zero attached hydrogens (tertiary/aromatic N) is 3. The van der Waals surface area contributed by atoms with Crippen LogP contribution in [0.2, 0.25) is 0 Å². The summed E-state index contributed by atoms with van der Waals surface area (Å²) in [6.45, 7) is 5.05. The number of amidine groups is 2. The summed E-state index contributed by atoms with van der Waals surface area (Å²) in [7, 11) is 1.60. The molecular weight excluding hydrogens is 492 g/mol. The van der Waals surface area contributed by atoms with Gasteiger partial charge in [-0.2, -0.15) is 15.1 Å². The number of unbranched alkanes of at least 4 members (excludes halogenated alkanes) is 1. The number of thioether (sulfide) groups is 1. The van der Waals surface area contributed by atoms with Crippen molar-refractivity contribution in [3.63, 3.8) is 0 Å². The Kier molecular flexibility index (Phi) is 8.84. The summed E-state index contributed by atoms with van der Waals surface area (Å²) in [6, 6.07) is 12.8. The summed E-state index contributed by atoms with van der Waals surface area (Å²) in [5, 5.41) is 15.8. The molecule has 0 atom stereocenters. The molecule has 0 aliphatic carbocycles. The third-order valence-corrected chi connectivity index (χ3v) is 6.45. The minimum absolute atomic E-state index is 0.0146. The molecule has 0 fully saturated rings. The van der Waals surface area contributed by atoms with Crippen molar-refractivity contribution < 1.29 is 23.7 Å². The van der Waals surface area contributed by atoms with Crippen LogP contribution >= 0.6 is 11.8 Å². The fourth-order valence-corrected chi connectivity index (χ4v) is 4.60. The van der Waals surface area contributed by atoms with E-state index < -0.39 is 5.91 Å². The van der Waals surface area contributed by atoms with Crippen molar-refractivity contribution in [2.45, 2.75) is 33.1 Å². The predicted octanol–water partition coefficient (Wildman–Crippen LogP) is 5.36. The SMILES string of the molecule is CCCCC1=NN2C(=N)/C(=C\c3ccc(OCCOc4ccccc4OC)c(OCC)c3)C(=O)N=C2S1. The average molecular weight is 523 g/mol. The highest BCUT2D eigenvalue weighted by Gasteiger charge is 2.35. The number of carbonyl (C=O) groups is 1. The second-order valence-electron chi connectivity index (χ2n) is 8.10. The minimum atomic E-state index is -0.456. The number of nitrogens with one attached hydrogen (secondary N) is 1. The molecule has 0 spiro atoms. The van der Waals surface area contributed by atoms with Gasteiger partial charge in [-0.05, 0) is 67.4 Å². The first-order valence-electron chi connectivity index (χ1n) is 12.2. The molecule has 2 aliphatic heterocycles. The van der Waals surface area contributed by atoms with Gasteiger partial charge in [-0.1, -0.05) is 31.5 Å². The molecule has 2 aliphatic rings. The van der Waals surface area contributed by atoms with Crippen LogP contribution in [-0.4, -0.2) is 53.9 Å². The van der Waals surface area contributed by atoms with E-state index in [4.69, 9.17) is 24.4 Å². The molecule has 4 rings (SSSR count). The number of benzene rings is 2. The first-order valence-corrected chi connectivity index (χ1v) is 13.0. The molecular formula is C27H30N4O5S. The molecule has 1 amide bonds. The summed E-state index contributed by atoms with van der Waals surface area (Å²) < 4.78 is 22.7. The van der Waals surface area contributed by atoms with Gasteiger partial charge in [-0.15, -0.1) is 0 Å². The molecule has 9 nitrogen and oxygen atoms in total. The van der Waals surface area contributed by atoms with Gasteiger partial charge in [0.25, 0.3) is 5.91 Å². The van der Waals surface area contributed by atoms with E-state index in [1.807, 2.05) is 31.2 Å². The van der Waals surface area contributed by atoms with Gasteiger partial charge in [0, 0.05) is 0 Å². The quantitative estimate of drug-likeness (QED) is 0.295. The van der Waals surface area contributed by atoms with Crippen molar-refractivity contribution >= 4 is 39.8 Å². The second kappa shape index (κ2) is 12.4. The van der Waals surface area contributed by atoms with Gasteiger partial charge in [0.05, 0.1) is 19.3 Å². The maximum absolute atomic E-state index is 12.7. The van der Waals surface area contributed by atoms with Crippen LogP contribution in [-0.2, 0) is 4.79 Å². The summed E-state index contributed by atoms with van der Waals surface area (Å²) in [6.07, 6.45) is 4.48. The van der Waals surface area contributed by atoms with Gasteiger partial charge in [-0.3, -0.25) is 10.2 Å². The molecule has 10 heteroatoms. The lowest BCUT2D eigenvalue weighted by Gasteiger charge is -2.20. The Balaban J connectivity index is 1.45. The van der Waals surface area contributed by atoms with E-state index in [0.717, 1.165) is 24.3 Å². The number of rotatable bonds is 12. The number of aliphatic imine (C=N–C) groups is 1. The number of hydrazone groups is 1. The summed E-state index contributed by atoms with van der Waals surface area (Å²) in [5.41, 5.74) is 0.862. The fourth-order valence-electron chi connectivity index (χ4n) is 3.67. The number of ether oxygens (including phenoxy) is 4. The Bertz CT molecular complexity index is 1260. The normalized spacial score (nSPS) is 15.9. The number of hydrogen-bond acceptors (Lipinski definition) is 8. The zero-order valence-corrected chi connectivity index (χ0v) is 22.0. The predicted molar refractivity (Wildman–Crippen MR) is 146 cm³/mol. The van der Waals surface area contributed by atoms with Crippen LogP contribution in [0, 0.1) is 5.41 Å². The van der Waals surface area contributed by atoms with Gasteiger partial charge in [-0.25, -0.2) is 0 Å². The van der Waals surface area contributed by atoms with E-state index in [1.165, 1.54) is 16.8 Å². The van der Waals surface area contributed by atoms with Crippen molar-refractivity contribution in [2.75, 3.05) is 26.9 Å². The van der Waals surface area contributed by atoms with Gasteiger partial charge < -0.3 is 18.9 Å². The molecule has 194 valence electrons. The van der Waals surface area contributed by atoms with Crippen LogP contribution in [0.1, 0.15) is 38.7 Å². The Morgan fingerprint density at radius 3 is 2.43 bits per heavy atom. The number of fused-ring (bicyclic) bond motifs is 1. The van der Waals surface area contributed by atoms with E-state index >= 15 is 0 Å². The van der Waals surface area contributed by atoms with E-state index in [1.54, 1.807) is 31.4 Å². The van der Waals surface area contributed by atoms with Gasteiger partial charge in [0.15, 0.2) is 28.8 Å². The Hall–Kier alpha value is -3.79. The van der Waals surface area contributed by atoms with Crippen molar-refractivity contribution in [1.82, 2.24) is 5.01 Å². The lowest BCUT2D eigenvalue weighted by molar-refractivity contribution is -0.114. The molecule has 0 bridgehead atoms. The van der Waals surface area contributed by atoms with E-state index in [2.05, 4.69) is 17.0 Å². The van der Waals surface area contributed by atoms with Crippen LogP contribution in [0.4, 0.5) is 0 Å². The summed E-state index contributed by atoms with van der Waals surface area (Å²) in [4.78, 5) is 16.9. The second-order valence-corrected chi connectivity index (χ2v) is 9.14. The fraction of sp³-hybridized carbons (Fsp3) is 0.333. The van der Waals surface area contributed by atoms with Gasteiger partial charge in [0.2, 0.25) is 5.17 Å². The average Bonchev–Trinajstić information content (AvgIpc) is 3.32. The minimum Gasteiger partial charge on any atom is -0.493 e. The highest BCUT2D eigenvalue weighted by Crippen LogP contribution is 2.33. The van der Waals surface area contributed by atoms with Crippen LogP contribution < -0.4 is 18.9 Å². The monoisotopic (exact) mass is 522 g/mol. The maximum atomic E-state index is 12.7. The molecule has 0 aromatic heterocycles. The third-order valence-electron chi connectivity index (χ3n) is 5.49. The van der Waals surface area contributed by atoms with Crippen LogP contribution in [0.15, 0.2) is 58.1 Å². The number of para-hydroxylation sites is 2. The molecule has 0 saturated heterocycles. The highest BCUT2D eigenvalue weighted by molar-refractivity contribution is 8.26. The largest absolute Gasteiger partial charge is 0.493 e. The highest BCUT2D eigenvalue weighted by atomic mass is 32.2. The number of methoxy groups -OCH3 is 1. The topological polar surface area (TPSA) is 106 Å². The lowest BCUT2D eigenvalue weighted by Crippen LogP contribution is -2.35. The molecule has 2 aromatic rings. The number of amides is 1. The van der Waals surface area contributed by atoms with E-state index in [0.29, 0.717) is 53.5 Å². The molecule has 2 aromatic carbocycles. The Labute approximate surface area is 220 Å². The molecule has 37 heavy (non-hydrogen) atoms. The first-order chi connectivity index (χ1) is 18.0. The van der Waals surface area contributed by atoms with E-state index in [-0.39, 0.29) is 11.4 Å². The first kappa shape index (κ1) is 26.3. The lowest BCUT2D eigenvalue weighted by atomic mass is 10.1. The molecule has 0 unspecified atom stereocenters. The number of carbonyl (C=O) groups excluding carboxylic acids is 1. The van der Waals surface area contributed by atoms with Crippen LogP contribution in [0.3, 0.4) is 0 Å². The summed E-state index contributed by atoms with van der Waals surface area (Å²) in [5.74, 6) is 1.95. The standard InChI is InChI=1S/C27H30N4O5S/c1-4-6-11-24-30-31-25(28)19(26(32)29-27(31)37-24)16-18-12-13-22(23(17-18)34-5-2)36-15-14-35-21-10-8-7-9-20(21)33-3/h7-10,12-13,16-17,28H,4-6,11,14-15H2,1-3H3/b19-16+,28-25?. The van der Waals surface area contributed by atoms with Crippen LogP contribution in [0.25, 0.3) is 6.08 Å². The van der Waals surface area contributed by atoms with Crippen molar-refractivity contribution in [2.24, 2.45) is 10.1 Å². The maximum Gasteiger partial charge on any atom is 0.283 e. The molecule has 2 heterocycles. The zero-order chi connectivity index (χ0) is 26.2. The smallest absolute Gasteiger partial charge is 0.283 e. The zero-order valence-electron chi connectivity index (χ0n) is 21.2. The Morgan fingerprint density at radius 2 is 1.73 bits per heavy atom. The van der Waals surface area contributed by atoms with Gasteiger partial charge in [0.1, 0.15) is 18.3 Å². The molecule has 0 radical (unpaired) electrons. The molecule has 0 saturated carbocycles.